The van der Waals surface area contributed by atoms with Gasteiger partial charge in [-0.2, -0.15) is 30.7 Å². The Balaban J connectivity index is 4.80. The van der Waals surface area contributed by atoms with Crippen LogP contribution in [0.15, 0.2) is 0 Å². The van der Waals surface area contributed by atoms with Crippen molar-refractivity contribution in [1.29, 1.82) is 0 Å². The Kier molecular flexibility index (Phi) is 5.86. The van der Waals surface area contributed by atoms with Gasteiger partial charge in [-0.1, -0.05) is 20.8 Å². The smallest absolute Gasteiger partial charge is 0.459 e. The monoisotopic (exact) mass is 312 g/mol. The molecule has 1 unspecified atom stereocenters. The Morgan fingerprint density at radius 1 is 1.00 bits per heavy atom. The molecule has 0 aromatic heterocycles. The van der Waals surface area contributed by atoms with Gasteiger partial charge in [0.1, 0.15) is 0 Å². The maximum atomic E-state index is 13.0. The summed E-state index contributed by atoms with van der Waals surface area (Å²) in [5.74, 6) is -14.7. The van der Waals surface area contributed by atoms with Crippen molar-refractivity contribution in [3.8, 4) is 0 Å². The zero-order chi connectivity index (χ0) is 16.4. The number of hydrogen-bond donors (Lipinski definition) is 0. The third kappa shape index (κ3) is 4.52. The SMILES string of the molecule is CC(C)COC(=O)C(C)CC(F)(F)C(F)(F)C(F)(F)F. The quantitative estimate of drug-likeness (QED) is 0.546. The van der Waals surface area contributed by atoms with Crippen molar-refractivity contribution in [1.82, 2.24) is 0 Å². The summed E-state index contributed by atoms with van der Waals surface area (Å²) in [5.41, 5.74) is 0. The molecule has 1 atom stereocenters. The number of esters is 1. The van der Waals surface area contributed by atoms with E-state index in [0.717, 1.165) is 6.92 Å². The molecule has 0 aromatic rings. The van der Waals surface area contributed by atoms with E-state index in [2.05, 4.69) is 4.74 Å². The molecule has 0 aliphatic heterocycles. The standard InChI is InChI=1S/C11H15F7O2/c1-6(2)5-20-8(19)7(3)4-9(12,13)10(14,15)11(16,17)18/h6-7H,4-5H2,1-3H3. The fourth-order valence-electron chi connectivity index (χ4n) is 1.19. The lowest BCUT2D eigenvalue weighted by atomic mass is 9.98. The highest BCUT2D eigenvalue weighted by Gasteiger charge is 2.72. The molecule has 0 aliphatic rings. The zero-order valence-corrected chi connectivity index (χ0v) is 11.0. The van der Waals surface area contributed by atoms with Crippen LogP contribution in [0, 0.1) is 11.8 Å². The van der Waals surface area contributed by atoms with E-state index in [1.165, 1.54) is 0 Å². The molecule has 0 heterocycles. The number of carbonyl (C=O) groups is 1. The fourth-order valence-corrected chi connectivity index (χ4v) is 1.19. The topological polar surface area (TPSA) is 26.3 Å². The summed E-state index contributed by atoms with van der Waals surface area (Å²) in [6, 6.07) is 0. The molecule has 0 spiro atoms. The van der Waals surface area contributed by atoms with Gasteiger partial charge in [0, 0.05) is 6.42 Å². The Morgan fingerprint density at radius 3 is 1.80 bits per heavy atom. The number of rotatable bonds is 6. The van der Waals surface area contributed by atoms with Crippen LogP contribution in [-0.2, 0) is 9.53 Å². The van der Waals surface area contributed by atoms with Crippen LogP contribution >= 0.6 is 0 Å². The normalized spacial score (nSPS) is 15.3. The van der Waals surface area contributed by atoms with Gasteiger partial charge in [-0.3, -0.25) is 4.79 Å². The Morgan fingerprint density at radius 2 is 1.45 bits per heavy atom. The number of carbonyl (C=O) groups excluding carboxylic acids is 1. The van der Waals surface area contributed by atoms with E-state index in [9.17, 15) is 35.5 Å². The van der Waals surface area contributed by atoms with Gasteiger partial charge in [-0.25, -0.2) is 0 Å². The summed E-state index contributed by atoms with van der Waals surface area (Å²) in [6.45, 7) is 3.96. The summed E-state index contributed by atoms with van der Waals surface area (Å²) >= 11 is 0. The maximum Gasteiger partial charge on any atom is 0.459 e. The summed E-state index contributed by atoms with van der Waals surface area (Å²) in [4.78, 5) is 11.2. The van der Waals surface area contributed by atoms with Gasteiger partial charge in [-0.05, 0) is 5.92 Å². The molecule has 0 N–H and O–H groups in total. The molecule has 2 nitrogen and oxygen atoms in total. The third-order valence-electron chi connectivity index (χ3n) is 2.34. The maximum absolute atomic E-state index is 13.0. The second-order valence-corrected chi connectivity index (χ2v) is 4.91. The molecular formula is C11H15F7O2. The van der Waals surface area contributed by atoms with Crippen molar-refractivity contribution in [2.45, 2.75) is 45.2 Å². The Hall–Kier alpha value is -1.02. The van der Waals surface area contributed by atoms with E-state index in [-0.39, 0.29) is 12.5 Å². The van der Waals surface area contributed by atoms with Crippen LogP contribution in [0.2, 0.25) is 0 Å². The molecule has 0 amide bonds. The van der Waals surface area contributed by atoms with E-state index in [0.29, 0.717) is 0 Å². The number of alkyl halides is 7. The van der Waals surface area contributed by atoms with Gasteiger partial charge < -0.3 is 4.74 Å². The molecule has 0 aromatic carbocycles. The van der Waals surface area contributed by atoms with Crippen molar-refractivity contribution >= 4 is 5.97 Å². The zero-order valence-electron chi connectivity index (χ0n) is 11.0. The lowest BCUT2D eigenvalue weighted by Gasteiger charge is -2.29. The first kappa shape index (κ1) is 19.0. The summed E-state index contributed by atoms with van der Waals surface area (Å²) in [6.07, 6.45) is -8.34. The van der Waals surface area contributed by atoms with Crippen LogP contribution in [0.4, 0.5) is 30.7 Å². The van der Waals surface area contributed by atoms with E-state index in [4.69, 9.17) is 0 Å². The molecule has 9 heteroatoms. The molecule has 20 heavy (non-hydrogen) atoms. The minimum absolute atomic E-state index is 0.122. The van der Waals surface area contributed by atoms with Gasteiger partial charge in [0.25, 0.3) is 0 Å². The van der Waals surface area contributed by atoms with Crippen LogP contribution in [0.5, 0.6) is 0 Å². The molecule has 0 aliphatic carbocycles. The van der Waals surface area contributed by atoms with Gasteiger partial charge in [0.15, 0.2) is 0 Å². The van der Waals surface area contributed by atoms with Crippen LogP contribution in [0.1, 0.15) is 27.2 Å². The van der Waals surface area contributed by atoms with Gasteiger partial charge >= 0.3 is 24.0 Å². The van der Waals surface area contributed by atoms with E-state index >= 15 is 0 Å². The van der Waals surface area contributed by atoms with Crippen LogP contribution in [0.25, 0.3) is 0 Å². The van der Waals surface area contributed by atoms with Crippen molar-refractivity contribution < 1.29 is 40.3 Å². The third-order valence-corrected chi connectivity index (χ3v) is 2.34. The molecule has 0 rings (SSSR count). The minimum Gasteiger partial charge on any atom is -0.465 e. The summed E-state index contributed by atoms with van der Waals surface area (Å²) in [5, 5.41) is 0. The Bertz CT molecular complexity index is 336. The molecule has 0 saturated heterocycles. The van der Waals surface area contributed by atoms with Gasteiger partial charge in [-0.15, -0.1) is 0 Å². The summed E-state index contributed by atoms with van der Waals surface area (Å²) in [7, 11) is 0. The lowest BCUT2D eigenvalue weighted by molar-refractivity contribution is -0.357. The van der Waals surface area contributed by atoms with Crippen LogP contribution in [0.3, 0.4) is 0 Å². The minimum atomic E-state index is -6.39. The molecule has 120 valence electrons. The van der Waals surface area contributed by atoms with Gasteiger partial charge in [0.05, 0.1) is 12.5 Å². The van der Waals surface area contributed by atoms with Gasteiger partial charge in [0.2, 0.25) is 0 Å². The average molecular weight is 312 g/mol. The van der Waals surface area contributed by atoms with E-state index < -0.39 is 36.3 Å². The highest BCUT2D eigenvalue weighted by molar-refractivity contribution is 5.72. The van der Waals surface area contributed by atoms with Crippen molar-refractivity contribution in [3.05, 3.63) is 0 Å². The Labute approximate surface area is 111 Å². The largest absolute Gasteiger partial charge is 0.465 e. The fraction of sp³-hybridized carbons (Fsp3) is 0.909. The number of ether oxygens (including phenoxy) is 1. The van der Waals surface area contributed by atoms with Crippen molar-refractivity contribution in [3.63, 3.8) is 0 Å². The van der Waals surface area contributed by atoms with E-state index in [1.807, 2.05) is 0 Å². The highest BCUT2D eigenvalue weighted by atomic mass is 19.4. The average Bonchev–Trinajstić information content (AvgIpc) is 2.23. The van der Waals surface area contributed by atoms with Crippen molar-refractivity contribution in [2.24, 2.45) is 11.8 Å². The molecule has 0 saturated carbocycles. The molecule has 0 fully saturated rings. The lowest BCUT2D eigenvalue weighted by Crippen LogP contribution is -2.52. The second-order valence-electron chi connectivity index (χ2n) is 4.91. The number of halogens is 7. The number of hydrogen-bond acceptors (Lipinski definition) is 2. The first-order valence-electron chi connectivity index (χ1n) is 5.71. The van der Waals surface area contributed by atoms with Crippen molar-refractivity contribution in [2.75, 3.05) is 6.61 Å². The molecule has 0 bridgehead atoms. The van der Waals surface area contributed by atoms with E-state index in [1.54, 1.807) is 13.8 Å². The van der Waals surface area contributed by atoms with Crippen LogP contribution in [-0.4, -0.2) is 30.6 Å². The second kappa shape index (κ2) is 6.17. The molecular weight excluding hydrogens is 297 g/mol. The predicted molar refractivity (Wildman–Crippen MR) is 55.5 cm³/mol. The van der Waals surface area contributed by atoms with Crippen LogP contribution < -0.4 is 0 Å². The predicted octanol–water partition coefficient (Wildman–Crippen LogP) is 4.04. The highest BCUT2D eigenvalue weighted by Crippen LogP contribution is 2.49. The summed E-state index contributed by atoms with van der Waals surface area (Å²) < 4.78 is 91.5. The first-order chi connectivity index (χ1) is 8.72. The molecule has 0 radical (unpaired) electrons. The first-order valence-corrected chi connectivity index (χ1v) is 5.71.